The van der Waals surface area contributed by atoms with Crippen molar-refractivity contribution in [1.82, 2.24) is 10.2 Å². The predicted molar refractivity (Wildman–Crippen MR) is 62.3 cm³/mol. The van der Waals surface area contributed by atoms with E-state index in [1.54, 1.807) is 0 Å². The topological polar surface area (TPSA) is 41.6 Å². The summed E-state index contributed by atoms with van der Waals surface area (Å²) >= 11 is 0. The van der Waals surface area contributed by atoms with Crippen molar-refractivity contribution in [3.63, 3.8) is 0 Å². The number of rotatable bonds is 0. The van der Waals surface area contributed by atoms with Gasteiger partial charge in [-0.2, -0.15) is 0 Å². The number of nitrogens with zero attached hydrogens (tertiary/aromatic N) is 1. The summed E-state index contributed by atoms with van der Waals surface area (Å²) in [6.45, 7) is 8.60. The van der Waals surface area contributed by atoms with Crippen molar-refractivity contribution < 1.29 is 9.53 Å². The number of nitrogens with one attached hydrogen (secondary N) is 1. The highest BCUT2D eigenvalue weighted by Crippen LogP contribution is 2.29. The first-order valence-corrected chi connectivity index (χ1v) is 6.18. The molecule has 2 aliphatic heterocycles. The predicted octanol–water partition coefficient (Wildman–Crippen LogP) is 1.61. The van der Waals surface area contributed by atoms with Gasteiger partial charge < -0.3 is 15.0 Å². The van der Waals surface area contributed by atoms with E-state index < -0.39 is 5.60 Å². The third kappa shape index (κ3) is 2.48. The molecular weight excluding hydrogens is 204 g/mol. The summed E-state index contributed by atoms with van der Waals surface area (Å²) in [5, 5.41) is 3.35. The molecule has 0 aromatic heterocycles. The number of carbonyl (C=O) groups is 1. The van der Waals surface area contributed by atoms with Crippen LogP contribution in [0.15, 0.2) is 0 Å². The van der Waals surface area contributed by atoms with E-state index in [4.69, 9.17) is 4.74 Å². The second kappa shape index (κ2) is 4.24. The van der Waals surface area contributed by atoms with Crippen LogP contribution in [0.25, 0.3) is 0 Å². The van der Waals surface area contributed by atoms with Gasteiger partial charge in [0.15, 0.2) is 0 Å². The summed E-state index contributed by atoms with van der Waals surface area (Å²) in [4.78, 5) is 13.9. The molecule has 0 aromatic carbocycles. The van der Waals surface area contributed by atoms with Gasteiger partial charge >= 0.3 is 6.09 Å². The standard InChI is InChI=1S/C12H22N2O2/c1-12(2,3)16-11(15)14-7-5-9-4-6-13-8-10(9)14/h9-10,13H,4-8H2,1-3H3. The molecule has 0 bridgehead atoms. The number of carbonyl (C=O) groups excluding carboxylic acids is 1. The summed E-state index contributed by atoms with van der Waals surface area (Å²) in [7, 11) is 0. The fourth-order valence-corrected chi connectivity index (χ4v) is 2.62. The molecule has 0 aromatic rings. The number of likely N-dealkylation sites (tertiary alicyclic amines) is 1. The van der Waals surface area contributed by atoms with Crippen LogP contribution in [-0.2, 0) is 4.74 Å². The smallest absolute Gasteiger partial charge is 0.410 e. The SMILES string of the molecule is CC(C)(C)OC(=O)N1CCC2CCNCC21. The van der Waals surface area contributed by atoms with Crippen LogP contribution in [-0.4, -0.2) is 42.3 Å². The van der Waals surface area contributed by atoms with Crippen LogP contribution < -0.4 is 5.32 Å². The highest BCUT2D eigenvalue weighted by Gasteiger charge is 2.39. The van der Waals surface area contributed by atoms with Crippen molar-refractivity contribution in [2.24, 2.45) is 5.92 Å². The summed E-state index contributed by atoms with van der Waals surface area (Å²) in [6, 6.07) is 0.351. The lowest BCUT2D eigenvalue weighted by Gasteiger charge is -2.33. The van der Waals surface area contributed by atoms with Gasteiger partial charge in [-0.1, -0.05) is 0 Å². The van der Waals surface area contributed by atoms with Crippen LogP contribution in [0, 0.1) is 5.92 Å². The molecule has 1 N–H and O–H groups in total. The highest BCUT2D eigenvalue weighted by molar-refractivity contribution is 5.69. The molecule has 4 heteroatoms. The van der Waals surface area contributed by atoms with Gasteiger partial charge in [0, 0.05) is 13.1 Å². The van der Waals surface area contributed by atoms with Gasteiger partial charge in [0.25, 0.3) is 0 Å². The Morgan fingerprint density at radius 2 is 2.12 bits per heavy atom. The number of piperidine rings is 1. The number of hydrogen-bond acceptors (Lipinski definition) is 3. The summed E-state index contributed by atoms with van der Waals surface area (Å²) in [6.07, 6.45) is 2.17. The molecule has 0 saturated carbocycles. The third-order valence-corrected chi connectivity index (χ3v) is 3.36. The fraction of sp³-hybridized carbons (Fsp3) is 0.917. The quantitative estimate of drug-likeness (QED) is 0.682. The molecule has 4 nitrogen and oxygen atoms in total. The van der Waals surface area contributed by atoms with Crippen LogP contribution in [0.1, 0.15) is 33.6 Å². The van der Waals surface area contributed by atoms with Crippen molar-refractivity contribution in [1.29, 1.82) is 0 Å². The van der Waals surface area contributed by atoms with E-state index in [9.17, 15) is 4.79 Å². The number of ether oxygens (including phenoxy) is 1. The van der Waals surface area contributed by atoms with E-state index in [0.717, 1.165) is 26.1 Å². The minimum atomic E-state index is -0.392. The lowest BCUT2D eigenvalue weighted by molar-refractivity contribution is 0.0195. The molecule has 0 spiro atoms. The molecule has 2 unspecified atom stereocenters. The van der Waals surface area contributed by atoms with E-state index in [2.05, 4.69) is 5.32 Å². The van der Waals surface area contributed by atoms with Crippen LogP contribution in [0.2, 0.25) is 0 Å². The van der Waals surface area contributed by atoms with Crippen LogP contribution in [0.4, 0.5) is 4.79 Å². The molecule has 2 heterocycles. The number of amides is 1. The van der Waals surface area contributed by atoms with Gasteiger partial charge in [0.05, 0.1) is 6.04 Å². The first-order chi connectivity index (χ1) is 7.47. The first kappa shape index (κ1) is 11.7. The molecule has 92 valence electrons. The zero-order chi connectivity index (χ0) is 11.8. The van der Waals surface area contributed by atoms with Crippen molar-refractivity contribution in [3.8, 4) is 0 Å². The van der Waals surface area contributed by atoms with Crippen LogP contribution in [0.5, 0.6) is 0 Å². The average molecular weight is 226 g/mol. The maximum absolute atomic E-state index is 12.0. The van der Waals surface area contributed by atoms with Gasteiger partial charge in [-0.15, -0.1) is 0 Å². The molecule has 2 atom stereocenters. The van der Waals surface area contributed by atoms with E-state index in [1.807, 2.05) is 25.7 Å². The number of fused-ring (bicyclic) bond motifs is 1. The Morgan fingerprint density at radius 3 is 2.81 bits per heavy atom. The van der Waals surface area contributed by atoms with Crippen molar-refractivity contribution >= 4 is 6.09 Å². The molecule has 0 aliphatic carbocycles. The van der Waals surface area contributed by atoms with Gasteiger partial charge in [-0.25, -0.2) is 4.79 Å². The maximum Gasteiger partial charge on any atom is 0.410 e. The molecule has 0 radical (unpaired) electrons. The average Bonchev–Trinajstić information content (AvgIpc) is 2.58. The largest absolute Gasteiger partial charge is 0.444 e. The van der Waals surface area contributed by atoms with Gasteiger partial charge in [0.1, 0.15) is 5.60 Å². The second-order valence-electron chi connectivity index (χ2n) is 5.78. The zero-order valence-corrected chi connectivity index (χ0v) is 10.5. The normalized spacial score (nSPS) is 30.1. The monoisotopic (exact) mass is 226 g/mol. The van der Waals surface area contributed by atoms with Crippen molar-refractivity contribution in [3.05, 3.63) is 0 Å². The Kier molecular flexibility index (Phi) is 3.10. The third-order valence-electron chi connectivity index (χ3n) is 3.36. The van der Waals surface area contributed by atoms with Crippen molar-refractivity contribution in [2.45, 2.75) is 45.3 Å². The van der Waals surface area contributed by atoms with E-state index >= 15 is 0 Å². The molecule has 2 aliphatic rings. The minimum Gasteiger partial charge on any atom is -0.444 e. The van der Waals surface area contributed by atoms with E-state index in [0.29, 0.717) is 12.0 Å². The van der Waals surface area contributed by atoms with Crippen molar-refractivity contribution in [2.75, 3.05) is 19.6 Å². The Labute approximate surface area is 97.3 Å². The van der Waals surface area contributed by atoms with Gasteiger partial charge in [0.2, 0.25) is 0 Å². The molecule has 2 fully saturated rings. The van der Waals surface area contributed by atoms with Crippen LogP contribution in [0.3, 0.4) is 0 Å². The summed E-state index contributed by atoms with van der Waals surface area (Å²) in [5.74, 6) is 0.675. The zero-order valence-electron chi connectivity index (χ0n) is 10.5. The Bertz CT molecular complexity index is 273. The van der Waals surface area contributed by atoms with E-state index in [-0.39, 0.29) is 6.09 Å². The molecule has 16 heavy (non-hydrogen) atoms. The lowest BCUT2D eigenvalue weighted by atomic mass is 9.93. The molecular formula is C12H22N2O2. The summed E-state index contributed by atoms with van der Waals surface area (Å²) in [5.41, 5.74) is -0.392. The maximum atomic E-state index is 12.0. The molecule has 1 amide bonds. The first-order valence-electron chi connectivity index (χ1n) is 6.18. The van der Waals surface area contributed by atoms with Gasteiger partial charge in [-0.3, -0.25) is 0 Å². The van der Waals surface area contributed by atoms with Gasteiger partial charge in [-0.05, 0) is 46.1 Å². The highest BCUT2D eigenvalue weighted by atomic mass is 16.6. The fourth-order valence-electron chi connectivity index (χ4n) is 2.62. The Balaban J connectivity index is 1.97. The summed E-state index contributed by atoms with van der Waals surface area (Å²) < 4.78 is 5.43. The number of hydrogen-bond donors (Lipinski definition) is 1. The Hall–Kier alpha value is -0.770. The molecule has 2 rings (SSSR count). The second-order valence-corrected chi connectivity index (χ2v) is 5.78. The lowest BCUT2D eigenvalue weighted by Crippen LogP contribution is -2.49. The molecule has 2 saturated heterocycles. The van der Waals surface area contributed by atoms with E-state index in [1.165, 1.54) is 6.42 Å². The Morgan fingerprint density at radius 1 is 1.38 bits per heavy atom. The minimum absolute atomic E-state index is 0.149. The van der Waals surface area contributed by atoms with Crippen LogP contribution >= 0.6 is 0 Å².